The van der Waals surface area contributed by atoms with Crippen LogP contribution in [0.2, 0.25) is 0 Å². The highest BCUT2D eigenvalue weighted by atomic mass is 15.2. The van der Waals surface area contributed by atoms with Gasteiger partial charge in [-0.1, -0.05) is 20.8 Å². The molecule has 0 aromatic carbocycles. The van der Waals surface area contributed by atoms with Crippen molar-refractivity contribution in [2.75, 3.05) is 14.1 Å². The van der Waals surface area contributed by atoms with E-state index >= 15 is 0 Å². The van der Waals surface area contributed by atoms with Gasteiger partial charge in [0.2, 0.25) is 0 Å². The summed E-state index contributed by atoms with van der Waals surface area (Å²) in [5.74, 6) is 0.782. The van der Waals surface area contributed by atoms with Gasteiger partial charge in [0.1, 0.15) is 0 Å². The molecule has 0 aromatic heterocycles. The van der Waals surface area contributed by atoms with Gasteiger partial charge in [0, 0.05) is 18.1 Å². The molecule has 2 nitrogen and oxygen atoms in total. The predicted molar refractivity (Wildman–Crippen MR) is 69.3 cm³/mol. The van der Waals surface area contributed by atoms with Crippen molar-refractivity contribution >= 4 is 0 Å². The van der Waals surface area contributed by atoms with Crippen LogP contribution in [0.5, 0.6) is 0 Å². The molecule has 0 heterocycles. The minimum absolute atomic E-state index is 0.601. The second kappa shape index (κ2) is 7.24. The van der Waals surface area contributed by atoms with Crippen LogP contribution in [0.3, 0.4) is 0 Å². The van der Waals surface area contributed by atoms with Gasteiger partial charge in [-0.3, -0.25) is 4.90 Å². The van der Waals surface area contributed by atoms with Gasteiger partial charge in [-0.25, -0.2) is 0 Å². The molecule has 0 fully saturated rings. The quantitative estimate of drug-likeness (QED) is 0.701. The average molecular weight is 214 g/mol. The molecule has 0 aliphatic rings. The maximum absolute atomic E-state index is 3.40. The van der Waals surface area contributed by atoms with E-state index in [1.54, 1.807) is 0 Å². The summed E-state index contributed by atoms with van der Waals surface area (Å²) in [6, 6.07) is 1.88. The normalized spacial score (nSPS) is 18.2. The lowest BCUT2D eigenvalue weighted by molar-refractivity contribution is 0.144. The average Bonchev–Trinajstić information content (AvgIpc) is 2.17. The molecule has 0 bridgehead atoms. The first-order valence-corrected chi connectivity index (χ1v) is 6.33. The third kappa shape index (κ3) is 4.98. The number of likely N-dealkylation sites (N-methyl/N-ethyl adjacent to an activating group) is 2. The molecule has 3 unspecified atom stereocenters. The Labute approximate surface area is 96.4 Å². The highest BCUT2D eigenvalue weighted by Gasteiger charge is 2.22. The molecule has 0 aliphatic heterocycles. The van der Waals surface area contributed by atoms with Gasteiger partial charge in [-0.05, 0) is 46.7 Å². The number of hydrogen-bond donors (Lipinski definition) is 1. The topological polar surface area (TPSA) is 15.3 Å². The van der Waals surface area contributed by atoms with Gasteiger partial charge in [0.25, 0.3) is 0 Å². The molecular weight excluding hydrogens is 184 g/mol. The van der Waals surface area contributed by atoms with Crippen LogP contribution in [0.4, 0.5) is 0 Å². The van der Waals surface area contributed by atoms with Crippen LogP contribution < -0.4 is 5.32 Å². The van der Waals surface area contributed by atoms with Gasteiger partial charge >= 0.3 is 0 Å². The van der Waals surface area contributed by atoms with Crippen LogP contribution in [0, 0.1) is 5.92 Å². The third-order valence-electron chi connectivity index (χ3n) is 3.54. The van der Waals surface area contributed by atoms with Crippen molar-refractivity contribution in [3.63, 3.8) is 0 Å². The van der Waals surface area contributed by atoms with Crippen LogP contribution >= 0.6 is 0 Å². The molecular formula is C13H30N2. The Morgan fingerprint density at radius 2 is 1.67 bits per heavy atom. The number of nitrogens with zero attached hydrogens (tertiary/aromatic N) is 1. The lowest BCUT2D eigenvalue weighted by Crippen LogP contribution is -2.48. The van der Waals surface area contributed by atoms with E-state index in [0.29, 0.717) is 18.1 Å². The third-order valence-corrected chi connectivity index (χ3v) is 3.54. The minimum Gasteiger partial charge on any atom is -0.315 e. The molecule has 0 spiro atoms. The molecule has 0 aliphatic carbocycles. The fourth-order valence-corrected chi connectivity index (χ4v) is 2.32. The summed E-state index contributed by atoms with van der Waals surface area (Å²) in [4.78, 5) is 2.50. The molecule has 2 heteroatoms. The maximum Gasteiger partial charge on any atom is 0.0220 e. The van der Waals surface area contributed by atoms with E-state index in [2.05, 4.69) is 58.9 Å². The highest BCUT2D eigenvalue weighted by molar-refractivity contribution is 4.80. The number of nitrogens with one attached hydrogen (secondary N) is 1. The van der Waals surface area contributed by atoms with E-state index < -0.39 is 0 Å². The van der Waals surface area contributed by atoms with Crippen molar-refractivity contribution in [3.05, 3.63) is 0 Å². The summed E-state index contributed by atoms with van der Waals surface area (Å²) in [6.45, 7) is 11.5. The lowest BCUT2D eigenvalue weighted by atomic mass is 10.00. The molecule has 0 saturated carbocycles. The molecule has 0 aromatic rings. The first-order chi connectivity index (χ1) is 6.93. The zero-order chi connectivity index (χ0) is 12.0. The van der Waals surface area contributed by atoms with Crippen molar-refractivity contribution in [2.45, 2.75) is 65.6 Å². The van der Waals surface area contributed by atoms with Gasteiger partial charge < -0.3 is 5.32 Å². The summed E-state index contributed by atoms with van der Waals surface area (Å²) in [5.41, 5.74) is 0. The smallest absolute Gasteiger partial charge is 0.0220 e. The highest BCUT2D eigenvalue weighted by Crippen LogP contribution is 2.14. The second-order valence-corrected chi connectivity index (χ2v) is 5.19. The largest absolute Gasteiger partial charge is 0.315 e. The molecule has 3 atom stereocenters. The Morgan fingerprint density at radius 3 is 2.00 bits per heavy atom. The molecule has 0 amide bonds. The monoisotopic (exact) mass is 214 g/mol. The Morgan fingerprint density at radius 1 is 1.13 bits per heavy atom. The van der Waals surface area contributed by atoms with Gasteiger partial charge in [0.05, 0.1) is 0 Å². The fraction of sp³-hybridized carbons (Fsp3) is 1.00. The Bertz CT molecular complexity index is 153. The molecule has 0 radical (unpaired) electrons. The van der Waals surface area contributed by atoms with Crippen LogP contribution in [0.15, 0.2) is 0 Å². The van der Waals surface area contributed by atoms with Crippen LogP contribution in [-0.4, -0.2) is 37.1 Å². The summed E-state index contributed by atoms with van der Waals surface area (Å²) in [5, 5.41) is 3.40. The molecule has 0 saturated heterocycles. The predicted octanol–water partition coefficient (Wildman–Crippen LogP) is 2.74. The minimum atomic E-state index is 0.601. The zero-order valence-corrected chi connectivity index (χ0v) is 11.7. The molecule has 92 valence electrons. The molecule has 0 rings (SSSR count). The van der Waals surface area contributed by atoms with E-state index in [1.165, 1.54) is 12.8 Å². The SMILES string of the molecule is CCC(NC)C(C)N(C)C(C)CC(C)C. The summed E-state index contributed by atoms with van der Waals surface area (Å²) in [7, 11) is 4.31. The van der Waals surface area contributed by atoms with Crippen LogP contribution in [-0.2, 0) is 0 Å². The van der Waals surface area contributed by atoms with E-state index in [9.17, 15) is 0 Å². The van der Waals surface area contributed by atoms with Crippen molar-refractivity contribution in [1.82, 2.24) is 10.2 Å². The summed E-state index contributed by atoms with van der Waals surface area (Å²) >= 11 is 0. The van der Waals surface area contributed by atoms with Gasteiger partial charge in [0.15, 0.2) is 0 Å². The number of hydrogen-bond acceptors (Lipinski definition) is 2. The molecule has 1 N–H and O–H groups in total. The molecule has 15 heavy (non-hydrogen) atoms. The van der Waals surface area contributed by atoms with Crippen LogP contribution in [0.25, 0.3) is 0 Å². The van der Waals surface area contributed by atoms with Crippen molar-refractivity contribution in [1.29, 1.82) is 0 Å². The standard InChI is InChI=1S/C13H30N2/c1-8-13(14-6)12(5)15(7)11(4)9-10(2)3/h10-14H,8-9H2,1-7H3. The van der Waals surface area contributed by atoms with E-state index in [1.807, 2.05) is 0 Å². The maximum atomic E-state index is 3.40. The lowest BCUT2D eigenvalue weighted by Gasteiger charge is -2.36. The Kier molecular flexibility index (Phi) is 7.20. The van der Waals surface area contributed by atoms with E-state index in [4.69, 9.17) is 0 Å². The second-order valence-electron chi connectivity index (χ2n) is 5.19. The first-order valence-electron chi connectivity index (χ1n) is 6.33. The van der Waals surface area contributed by atoms with Crippen molar-refractivity contribution in [2.24, 2.45) is 5.92 Å². The number of rotatable bonds is 7. The van der Waals surface area contributed by atoms with Crippen LogP contribution in [0.1, 0.15) is 47.5 Å². The van der Waals surface area contributed by atoms with E-state index in [-0.39, 0.29) is 0 Å². The van der Waals surface area contributed by atoms with Gasteiger partial charge in [-0.2, -0.15) is 0 Å². The summed E-state index contributed by atoms with van der Waals surface area (Å²) in [6.07, 6.45) is 2.47. The van der Waals surface area contributed by atoms with Gasteiger partial charge in [-0.15, -0.1) is 0 Å². The van der Waals surface area contributed by atoms with E-state index in [0.717, 1.165) is 5.92 Å². The van der Waals surface area contributed by atoms with Crippen molar-refractivity contribution < 1.29 is 0 Å². The Balaban J connectivity index is 4.22. The Hall–Kier alpha value is -0.0800. The fourth-order valence-electron chi connectivity index (χ4n) is 2.32. The summed E-state index contributed by atoms with van der Waals surface area (Å²) < 4.78 is 0. The van der Waals surface area contributed by atoms with Crippen molar-refractivity contribution in [3.8, 4) is 0 Å². The first kappa shape index (κ1) is 14.9. The zero-order valence-electron chi connectivity index (χ0n) is 11.7.